The summed E-state index contributed by atoms with van der Waals surface area (Å²) in [7, 11) is 0. The van der Waals surface area contributed by atoms with E-state index >= 15 is 0 Å². The molecule has 2 aromatic carbocycles. The minimum Gasteiger partial charge on any atom is -0.321 e. The Kier molecular flexibility index (Phi) is 5.45. The minimum atomic E-state index is -0.235. The summed E-state index contributed by atoms with van der Waals surface area (Å²) >= 11 is 0. The largest absolute Gasteiger partial charge is 0.321 e. The molecule has 1 aromatic heterocycles. The van der Waals surface area contributed by atoms with Crippen LogP contribution in [-0.2, 0) is 11.3 Å². The Hall–Kier alpha value is -2.99. The molecule has 1 aliphatic carbocycles. The molecule has 0 spiro atoms. The van der Waals surface area contributed by atoms with Crippen LogP contribution in [0.15, 0.2) is 54.6 Å². The van der Waals surface area contributed by atoms with E-state index in [-0.39, 0.29) is 11.7 Å². The lowest BCUT2D eigenvalue weighted by Crippen LogP contribution is -3.13. The van der Waals surface area contributed by atoms with Crippen LogP contribution in [0.2, 0.25) is 0 Å². The van der Waals surface area contributed by atoms with Crippen molar-refractivity contribution in [2.45, 2.75) is 39.3 Å². The zero-order valence-corrected chi connectivity index (χ0v) is 16.8. The molecule has 0 saturated heterocycles. The van der Waals surface area contributed by atoms with Crippen molar-refractivity contribution in [2.24, 2.45) is 0 Å². The molecular formula is C23H26FN4O+. The zero-order valence-electron chi connectivity index (χ0n) is 16.8. The molecule has 1 saturated carbocycles. The van der Waals surface area contributed by atoms with E-state index in [1.54, 1.807) is 12.1 Å². The average Bonchev–Trinajstić information content (AvgIpc) is 3.53. The Morgan fingerprint density at radius 3 is 2.48 bits per heavy atom. The number of quaternary nitrogens is 1. The van der Waals surface area contributed by atoms with Gasteiger partial charge in [-0.05, 0) is 38.1 Å². The molecule has 1 amide bonds. The van der Waals surface area contributed by atoms with Gasteiger partial charge in [-0.1, -0.05) is 30.3 Å². The van der Waals surface area contributed by atoms with Gasteiger partial charge in [0.2, 0.25) is 0 Å². The first-order chi connectivity index (χ1) is 14.0. The number of carbonyl (C=O) groups is 1. The van der Waals surface area contributed by atoms with Gasteiger partial charge in [-0.15, -0.1) is 0 Å². The first-order valence-electron chi connectivity index (χ1n) is 10.0. The van der Waals surface area contributed by atoms with Crippen molar-refractivity contribution in [3.63, 3.8) is 0 Å². The monoisotopic (exact) mass is 393 g/mol. The molecule has 3 aromatic rings. The number of para-hydroxylation sites is 1. The summed E-state index contributed by atoms with van der Waals surface area (Å²) in [5.74, 6) is -0.256. The van der Waals surface area contributed by atoms with Gasteiger partial charge >= 0.3 is 0 Å². The smallest absolute Gasteiger partial charge is 0.279 e. The van der Waals surface area contributed by atoms with E-state index in [9.17, 15) is 9.18 Å². The fraction of sp³-hybridized carbons (Fsp3) is 0.304. The molecule has 29 heavy (non-hydrogen) atoms. The number of amides is 1. The number of aryl methyl sites for hydroxylation is 1. The topological polar surface area (TPSA) is 51.4 Å². The minimum absolute atomic E-state index is 0.0205. The van der Waals surface area contributed by atoms with E-state index in [1.165, 1.54) is 17.0 Å². The maximum Gasteiger partial charge on any atom is 0.279 e. The Morgan fingerprint density at radius 2 is 1.83 bits per heavy atom. The van der Waals surface area contributed by atoms with Crippen molar-refractivity contribution < 1.29 is 14.1 Å². The summed E-state index contributed by atoms with van der Waals surface area (Å²) in [6, 6.07) is 16.9. The van der Waals surface area contributed by atoms with Gasteiger partial charge in [0.15, 0.2) is 6.54 Å². The normalized spacial score (nSPS) is 14.6. The lowest BCUT2D eigenvalue weighted by Gasteiger charge is -2.19. The fourth-order valence-electron chi connectivity index (χ4n) is 3.74. The first-order valence-corrected chi connectivity index (χ1v) is 10.0. The summed E-state index contributed by atoms with van der Waals surface area (Å²) in [4.78, 5) is 14.0. The second-order valence-electron chi connectivity index (χ2n) is 7.75. The number of anilines is 1. The van der Waals surface area contributed by atoms with Gasteiger partial charge in [0.05, 0.1) is 28.8 Å². The third-order valence-corrected chi connectivity index (χ3v) is 5.44. The summed E-state index contributed by atoms with van der Waals surface area (Å²) in [5.41, 5.74) is 4.50. The van der Waals surface area contributed by atoms with Crippen LogP contribution < -0.4 is 10.2 Å². The van der Waals surface area contributed by atoms with E-state index in [0.717, 1.165) is 47.7 Å². The number of halogens is 1. The van der Waals surface area contributed by atoms with Gasteiger partial charge in [0, 0.05) is 18.4 Å². The Morgan fingerprint density at radius 1 is 1.14 bits per heavy atom. The third kappa shape index (κ3) is 4.54. The highest BCUT2D eigenvalue weighted by Crippen LogP contribution is 2.22. The number of benzene rings is 2. The fourth-order valence-corrected chi connectivity index (χ4v) is 3.74. The molecule has 1 atom stereocenters. The number of hydrogen-bond acceptors (Lipinski definition) is 2. The van der Waals surface area contributed by atoms with E-state index in [0.29, 0.717) is 12.6 Å². The van der Waals surface area contributed by atoms with Crippen molar-refractivity contribution in [1.82, 2.24) is 9.78 Å². The molecule has 4 rings (SSSR count). The maximum absolute atomic E-state index is 13.2. The van der Waals surface area contributed by atoms with Gasteiger partial charge in [-0.3, -0.25) is 4.79 Å². The highest BCUT2D eigenvalue weighted by Gasteiger charge is 2.34. The van der Waals surface area contributed by atoms with Crippen molar-refractivity contribution in [1.29, 1.82) is 0 Å². The van der Waals surface area contributed by atoms with Crippen LogP contribution in [-0.4, -0.2) is 28.3 Å². The average molecular weight is 393 g/mol. The molecule has 2 N–H and O–H groups in total. The number of hydrogen-bond donors (Lipinski definition) is 2. The van der Waals surface area contributed by atoms with Crippen LogP contribution in [0.3, 0.4) is 0 Å². The molecule has 1 fully saturated rings. The summed E-state index contributed by atoms with van der Waals surface area (Å²) in [5, 5.41) is 7.67. The molecule has 0 aliphatic heterocycles. The van der Waals surface area contributed by atoms with E-state index < -0.39 is 0 Å². The second-order valence-corrected chi connectivity index (χ2v) is 7.75. The molecule has 6 heteroatoms. The first kappa shape index (κ1) is 19.3. The molecule has 150 valence electrons. The standard InChI is InChI=1S/C23H25FN4O/c1-16-23(17(2)28(26-16)21-6-4-3-5-7-21)25-22(29)15-27(20-12-13-20)14-18-8-10-19(24)11-9-18/h3-11,20H,12-15H2,1-2H3,(H,25,29)/p+1. The Balaban J connectivity index is 1.46. The van der Waals surface area contributed by atoms with Crippen LogP contribution >= 0.6 is 0 Å². The maximum atomic E-state index is 13.2. The highest BCUT2D eigenvalue weighted by molar-refractivity contribution is 5.92. The molecular weight excluding hydrogens is 367 g/mol. The number of aromatic nitrogens is 2. The van der Waals surface area contributed by atoms with Crippen LogP contribution in [0.25, 0.3) is 5.69 Å². The van der Waals surface area contributed by atoms with Gasteiger partial charge in [0.1, 0.15) is 12.4 Å². The van der Waals surface area contributed by atoms with Gasteiger partial charge in [-0.2, -0.15) is 5.10 Å². The summed E-state index contributed by atoms with van der Waals surface area (Å²) in [6.07, 6.45) is 2.27. The Labute approximate surface area is 170 Å². The van der Waals surface area contributed by atoms with Crippen LogP contribution in [0.4, 0.5) is 10.1 Å². The summed E-state index contributed by atoms with van der Waals surface area (Å²) in [6.45, 7) is 4.98. The lowest BCUT2D eigenvalue weighted by atomic mass is 10.2. The van der Waals surface area contributed by atoms with E-state index in [2.05, 4.69) is 10.4 Å². The summed E-state index contributed by atoms with van der Waals surface area (Å²) < 4.78 is 15.0. The van der Waals surface area contributed by atoms with Crippen molar-refractivity contribution in [2.75, 3.05) is 11.9 Å². The van der Waals surface area contributed by atoms with Crippen LogP contribution in [0, 0.1) is 19.7 Å². The molecule has 0 radical (unpaired) electrons. The predicted octanol–water partition coefficient (Wildman–Crippen LogP) is 2.81. The van der Waals surface area contributed by atoms with Gasteiger partial charge in [0.25, 0.3) is 5.91 Å². The predicted molar refractivity (Wildman–Crippen MR) is 111 cm³/mol. The molecule has 1 heterocycles. The lowest BCUT2D eigenvalue weighted by molar-refractivity contribution is -0.916. The quantitative estimate of drug-likeness (QED) is 0.649. The molecule has 1 aliphatic rings. The highest BCUT2D eigenvalue weighted by atomic mass is 19.1. The number of nitrogens with one attached hydrogen (secondary N) is 2. The molecule has 1 unspecified atom stereocenters. The Bertz CT molecular complexity index is 994. The zero-order chi connectivity index (χ0) is 20.4. The molecule has 0 bridgehead atoms. The van der Waals surface area contributed by atoms with Crippen molar-refractivity contribution in [3.05, 3.63) is 77.4 Å². The van der Waals surface area contributed by atoms with Gasteiger partial charge < -0.3 is 10.2 Å². The number of rotatable bonds is 7. The SMILES string of the molecule is Cc1nn(-c2ccccc2)c(C)c1NC(=O)C[NH+](Cc1ccc(F)cc1)C1CC1. The van der Waals surface area contributed by atoms with Crippen LogP contribution in [0.1, 0.15) is 29.8 Å². The third-order valence-electron chi connectivity index (χ3n) is 5.44. The van der Waals surface area contributed by atoms with Crippen molar-refractivity contribution in [3.8, 4) is 5.69 Å². The number of carbonyl (C=O) groups excluding carboxylic acids is 1. The van der Waals surface area contributed by atoms with Crippen molar-refractivity contribution >= 4 is 11.6 Å². The van der Waals surface area contributed by atoms with E-state index in [4.69, 9.17) is 0 Å². The number of nitrogens with zero attached hydrogens (tertiary/aromatic N) is 2. The van der Waals surface area contributed by atoms with Crippen LogP contribution in [0.5, 0.6) is 0 Å². The molecule has 5 nitrogen and oxygen atoms in total. The van der Waals surface area contributed by atoms with E-state index in [1.807, 2.05) is 48.9 Å². The second kappa shape index (κ2) is 8.17. The van der Waals surface area contributed by atoms with Gasteiger partial charge in [-0.25, -0.2) is 9.07 Å².